The Balaban J connectivity index is 2.04. The van der Waals surface area contributed by atoms with Gasteiger partial charge in [-0.05, 0) is 68.8 Å². The Hall–Kier alpha value is -3.07. The second kappa shape index (κ2) is 7.67. The summed E-state index contributed by atoms with van der Waals surface area (Å²) in [5.74, 6) is -0.417. The van der Waals surface area contributed by atoms with Crippen molar-refractivity contribution in [1.29, 1.82) is 5.26 Å². The van der Waals surface area contributed by atoms with E-state index in [1.54, 1.807) is 51.1 Å². The third-order valence-corrected chi connectivity index (χ3v) is 3.10. The maximum Gasteiger partial charge on any atom is 0.407 e. The average Bonchev–Trinajstić information content (AvgIpc) is 2.51. The van der Waals surface area contributed by atoms with Crippen LogP contribution in [0.15, 0.2) is 42.5 Å². The van der Waals surface area contributed by atoms with Gasteiger partial charge in [-0.1, -0.05) is 0 Å². The van der Waals surface area contributed by atoms with Crippen LogP contribution in [0.4, 0.5) is 20.6 Å². The van der Waals surface area contributed by atoms with Crippen molar-refractivity contribution in [1.82, 2.24) is 5.32 Å². The number of benzene rings is 2. The molecule has 25 heavy (non-hydrogen) atoms. The van der Waals surface area contributed by atoms with E-state index in [-0.39, 0.29) is 6.54 Å². The number of amides is 1. The number of nitriles is 1. The predicted molar refractivity (Wildman–Crippen MR) is 93.9 cm³/mol. The highest BCUT2D eigenvalue weighted by molar-refractivity contribution is 5.68. The van der Waals surface area contributed by atoms with E-state index in [2.05, 4.69) is 10.6 Å². The van der Waals surface area contributed by atoms with Crippen molar-refractivity contribution in [3.8, 4) is 6.07 Å². The van der Waals surface area contributed by atoms with Crippen molar-refractivity contribution in [2.75, 3.05) is 5.32 Å². The summed E-state index contributed by atoms with van der Waals surface area (Å²) in [5, 5.41) is 14.5. The molecule has 0 aromatic heterocycles. The first kappa shape index (κ1) is 18.3. The van der Waals surface area contributed by atoms with E-state index < -0.39 is 17.5 Å². The van der Waals surface area contributed by atoms with Crippen LogP contribution in [0.3, 0.4) is 0 Å². The van der Waals surface area contributed by atoms with Crippen LogP contribution in [0, 0.1) is 17.1 Å². The van der Waals surface area contributed by atoms with Crippen molar-refractivity contribution in [3.63, 3.8) is 0 Å². The Labute approximate surface area is 146 Å². The SMILES string of the molecule is CC(C)(C)OC(=O)NCc1cc(F)cc(Nc2ccc(C#N)cc2)c1. The van der Waals surface area contributed by atoms with E-state index in [0.29, 0.717) is 16.8 Å². The van der Waals surface area contributed by atoms with E-state index in [1.165, 1.54) is 12.1 Å². The fraction of sp³-hybridized carbons (Fsp3) is 0.263. The molecule has 2 rings (SSSR count). The molecule has 2 aromatic rings. The lowest BCUT2D eigenvalue weighted by Gasteiger charge is -2.19. The number of hydrogen-bond acceptors (Lipinski definition) is 4. The van der Waals surface area contributed by atoms with Crippen molar-refractivity contribution < 1.29 is 13.9 Å². The molecule has 0 atom stereocenters. The van der Waals surface area contributed by atoms with Crippen LogP contribution in [-0.4, -0.2) is 11.7 Å². The van der Waals surface area contributed by atoms with Gasteiger partial charge in [0.2, 0.25) is 0 Å². The van der Waals surface area contributed by atoms with Gasteiger partial charge in [0.1, 0.15) is 11.4 Å². The number of nitrogens with one attached hydrogen (secondary N) is 2. The number of carbonyl (C=O) groups is 1. The van der Waals surface area contributed by atoms with Crippen LogP contribution in [0.2, 0.25) is 0 Å². The van der Waals surface area contributed by atoms with E-state index in [9.17, 15) is 9.18 Å². The van der Waals surface area contributed by atoms with Gasteiger partial charge in [0.15, 0.2) is 0 Å². The largest absolute Gasteiger partial charge is 0.444 e. The minimum atomic E-state index is -0.589. The van der Waals surface area contributed by atoms with Crippen molar-refractivity contribution in [3.05, 3.63) is 59.4 Å². The van der Waals surface area contributed by atoms with Crippen LogP contribution in [0.1, 0.15) is 31.9 Å². The molecule has 0 spiro atoms. The highest BCUT2D eigenvalue weighted by atomic mass is 19.1. The maximum absolute atomic E-state index is 13.8. The Morgan fingerprint density at radius 1 is 1.16 bits per heavy atom. The highest BCUT2D eigenvalue weighted by Crippen LogP contribution is 2.20. The molecule has 0 aliphatic heterocycles. The third-order valence-electron chi connectivity index (χ3n) is 3.10. The zero-order chi connectivity index (χ0) is 18.4. The van der Waals surface area contributed by atoms with Gasteiger partial charge in [-0.2, -0.15) is 5.26 Å². The minimum Gasteiger partial charge on any atom is -0.444 e. The lowest BCUT2D eigenvalue weighted by Crippen LogP contribution is -2.32. The molecular weight excluding hydrogens is 321 g/mol. The summed E-state index contributed by atoms with van der Waals surface area (Å²) < 4.78 is 19.0. The molecule has 0 radical (unpaired) electrons. The van der Waals surface area contributed by atoms with E-state index in [0.717, 1.165) is 5.69 Å². The molecule has 2 N–H and O–H groups in total. The first-order valence-corrected chi connectivity index (χ1v) is 7.79. The number of nitrogens with zero attached hydrogens (tertiary/aromatic N) is 1. The maximum atomic E-state index is 13.8. The molecule has 0 saturated heterocycles. The van der Waals surface area contributed by atoms with Crippen LogP contribution in [0.5, 0.6) is 0 Å². The molecule has 0 bridgehead atoms. The molecular formula is C19H20FN3O2. The topological polar surface area (TPSA) is 74.2 Å². The second-order valence-corrected chi connectivity index (χ2v) is 6.52. The third kappa shape index (κ3) is 6.15. The minimum absolute atomic E-state index is 0.148. The number of rotatable bonds is 4. The predicted octanol–water partition coefficient (Wildman–Crippen LogP) is 4.47. The van der Waals surface area contributed by atoms with Crippen LogP contribution in [0.25, 0.3) is 0 Å². The first-order chi connectivity index (χ1) is 11.7. The molecule has 6 heteroatoms. The number of anilines is 2. The summed E-state index contributed by atoms with van der Waals surface area (Å²) in [6.45, 7) is 5.46. The Bertz CT molecular complexity index is 790. The number of ether oxygens (including phenoxy) is 1. The lowest BCUT2D eigenvalue weighted by molar-refractivity contribution is 0.0523. The molecule has 2 aromatic carbocycles. The Morgan fingerprint density at radius 3 is 2.44 bits per heavy atom. The van der Waals surface area contributed by atoms with Crippen LogP contribution >= 0.6 is 0 Å². The Morgan fingerprint density at radius 2 is 1.84 bits per heavy atom. The summed E-state index contributed by atoms with van der Waals surface area (Å²) >= 11 is 0. The molecule has 0 heterocycles. The smallest absolute Gasteiger partial charge is 0.407 e. The number of alkyl carbamates (subject to hydrolysis) is 1. The molecule has 0 saturated carbocycles. The zero-order valence-corrected chi connectivity index (χ0v) is 14.4. The van der Waals surface area contributed by atoms with E-state index >= 15 is 0 Å². The fourth-order valence-electron chi connectivity index (χ4n) is 2.11. The zero-order valence-electron chi connectivity index (χ0n) is 14.4. The lowest BCUT2D eigenvalue weighted by atomic mass is 10.1. The molecule has 0 fully saturated rings. The monoisotopic (exact) mass is 341 g/mol. The highest BCUT2D eigenvalue weighted by Gasteiger charge is 2.15. The Kier molecular flexibility index (Phi) is 5.60. The summed E-state index contributed by atoms with van der Waals surface area (Å²) in [6.07, 6.45) is -0.557. The van der Waals surface area contributed by atoms with Crippen molar-refractivity contribution >= 4 is 17.5 Å². The summed E-state index contributed by atoms with van der Waals surface area (Å²) in [6, 6.07) is 13.3. The standard InChI is InChI=1S/C19H20FN3O2/c1-19(2,3)25-18(24)22-12-14-8-15(20)10-17(9-14)23-16-6-4-13(11-21)5-7-16/h4-10,23H,12H2,1-3H3,(H,22,24). The molecule has 5 nitrogen and oxygen atoms in total. The van der Waals surface area contributed by atoms with E-state index in [1.807, 2.05) is 6.07 Å². The van der Waals surface area contributed by atoms with Gasteiger partial charge in [-0.15, -0.1) is 0 Å². The van der Waals surface area contributed by atoms with Gasteiger partial charge in [0.05, 0.1) is 11.6 Å². The molecule has 0 aliphatic rings. The van der Waals surface area contributed by atoms with Gasteiger partial charge in [0, 0.05) is 17.9 Å². The average molecular weight is 341 g/mol. The van der Waals surface area contributed by atoms with Gasteiger partial charge in [-0.25, -0.2) is 9.18 Å². The number of halogens is 1. The van der Waals surface area contributed by atoms with E-state index in [4.69, 9.17) is 10.00 Å². The summed E-state index contributed by atoms with van der Waals surface area (Å²) in [5.41, 5.74) is 1.84. The van der Waals surface area contributed by atoms with Gasteiger partial charge in [-0.3, -0.25) is 0 Å². The van der Waals surface area contributed by atoms with Crippen LogP contribution in [-0.2, 0) is 11.3 Å². The molecule has 0 aliphatic carbocycles. The second-order valence-electron chi connectivity index (χ2n) is 6.52. The fourth-order valence-corrected chi connectivity index (χ4v) is 2.11. The van der Waals surface area contributed by atoms with Gasteiger partial charge in [0.25, 0.3) is 0 Å². The number of hydrogen-bond donors (Lipinski definition) is 2. The van der Waals surface area contributed by atoms with Crippen molar-refractivity contribution in [2.24, 2.45) is 0 Å². The summed E-state index contributed by atoms with van der Waals surface area (Å²) in [7, 11) is 0. The molecule has 0 unspecified atom stereocenters. The van der Waals surface area contributed by atoms with Crippen molar-refractivity contribution in [2.45, 2.75) is 32.9 Å². The first-order valence-electron chi connectivity index (χ1n) is 7.79. The normalized spacial score (nSPS) is 10.7. The van der Waals surface area contributed by atoms with Gasteiger partial charge < -0.3 is 15.4 Å². The van der Waals surface area contributed by atoms with Crippen LogP contribution < -0.4 is 10.6 Å². The summed E-state index contributed by atoms with van der Waals surface area (Å²) in [4.78, 5) is 11.7. The number of carbonyl (C=O) groups excluding carboxylic acids is 1. The molecule has 1 amide bonds. The quantitative estimate of drug-likeness (QED) is 0.861. The van der Waals surface area contributed by atoms with Gasteiger partial charge >= 0.3 is 6.09 Å². The molecule has 130 valence electrons.